The highest BCUT2D eigenvalue weighted by Crippen LogP contribution is 2.27. The molecule has 0 atom stereocenters. The van der Waals surface area contributed by atoms with E-state index in [1.54, 1.807) is 0 Å². The molecule has 0 aliphatic rings. The maximum absolute atomic E-state index is 6.91. The van der Waals surface area contributed by atoms with Gasteiger partial charge in [-0.15, -0.1) is 0 Å². The molecule has 0 unspecified atom stereocenters. The van der Waals surface area contributed by atoms with Crippen LogP contribution in [0, 0.1) is 20.4 Å². The lowest BCUT2D eigenvalue weighted by atomic mass is 10.1. The van der Waals surface area contributed by atoms with Gasteiger partial charge in [-0.3, -0.25) is 0 Å². The summed E-state index contributed by atoms with van der Waals surface area (Å²) in [4.78, 5) is 3.44. The normalized spacial score (nSPS) is 9.27. The molecule has 0 spiro atoms. The number of hydrogen-bond donors (Lipinski definition) is 0. The Bertz CT molecular complexity index is 300. The van der Waals surface area contributed by atoms with E-state index in [4.69, 9.17) is 6.57 Å². The van der Waals surface area contributed by atoms with E-state index in [2.05, 4.69) is 20.8 Å². The lowest BCUT2D eigenvalue weighted by molar-refractivity contribution is 1.39. The van der Waals surface area contributed by atoms with Gasteiger partial charge in [0.05, 0.1) is 6.57 Å². The first-order valence-corrected chi connectivity index (χ1v) is 4.08. The molecular formula is C9H8BrN. The van der Waals surface area contributed by atoms with Gasteiger partial charge >= 0.3 is 0 Å². The predicted octanol–water partition coefficient (Wildman–Crippen LogP) is 3.62. The van der Waals surface area contributed by atoms with Gasteiger partial charge in [-0.2, -0.15) is 0 Å². The number of nitrogens with zero attached hydrogens (tertiary/aromatic N) is 1. The standard InChI is InChI=1S/C9H8BrN/c1-6-4-8(10)5-7(2)9(6)11-3/h4-5H,1-2H3. The molecule has 0 radical (unpaired) electrons. The zero-order valence-corrected chi connectivity index (χ0v) is 8.07. The number of halogens is 1. The highest BCUT2D eigenvalue weighted by Gasteiger charge is 2.01. The van der Waals surface area contributed by atoms with Gasteiger partial charge in [-0.25, -0.2) is 4.85 Å². The molecule has 0 amide bonds. The van der Waals surface area contributed by atoms with Gasteiger partial charge < -0.3 is 0 Å². The molecule has 56 valence electrons. The minimum absolute atomic E-state index is 0.771. The second-order valence-electron chi connectivity index (χ2n) is 2.50. The van der Waals surface area contributed by atoms with Crippen LogP contribution >= 0.6 is 15.9 Å². The minimum Gasteiger partial charge on any atom is -0.238 e. The first kappa shape index (κ1) is 8.29. The van der Waals surface area contributed by atoms with Crippen LogP contribution in [0.15, 0.2) is 16.6 Å². The van der Waals surface area contributed by atoms with Gasteiger partial charge in [0.25, 0.3) is 0 Å². The Morgan fingerprint density at radius 1 is 1.27 bits per heavy atom. The van der Waals surface area contributed by atoms with Crippen molar-refractivity contribution in [3.63, 3.8) is 0 Å². The van der Waals surface area contributed by atoms with Crippen molar-refractivity contribution in [1.82, 2.24) is 0 Å². The van der Waals surface area contributed by atoms with E-state index in [9.17, 15) is 0 Å². The average Bonchev–Trinajstić information content (AvgIpc) is 1.85. The Morgan fingerprint density at radius 2 is 1.73 bits per heavy atom. The van der Waals surface area contributed by atoms with Gasteiger partial charge in [0.1, 0.15) is 0 Å². The summed E-state index contributed by atoms with van der Waals surface area (Å²) in [5.41, 5.74) is 2.84. The molecule has 0 aromatic heterocycles. The second-order valence-corrected chi connectivity index (χ2v) is 3.42. The van der Waals surface area contributed by atoms with E-state index in [-0.39, 0.29) is 0 Å². The SMILES string of the molecule is [C-]#[N+]c1c(C)cc(Br)cc1C. The van der Waals surface area contributed by atoms with Crippen molar-refractivity contribution in [3.8, 4) is 0 Å². The number of rotatable bonds is 0. The molecule has 11 heavy (non-hydrogen) atoms. The highest BCUT2D eigenvalue weighted by molar-refractivity contribution is 9.10. The molecule has 0 bridgehead atoms. The van der Waals surface area contributed by atoms with Gasteiger partial charge in [0, 0.05) is 4.47 Å². The molecule has 1 aromatic carbocycles. The van der Waals surface area contributed by atoms with E-state index >= 15 is 0 Å². The molecule has 0 N–H and O–H groups in total. The summed E-state index contributed by atoms with van der Waals surface area (Å²) < 4.78 is 1.04. The quantitative estimate of drug-likeness (QED) is 0.576. The van der Waals surface area contributed by atoms with E-state index in [1.807, 2.05) is 26.0 Å². The molecule has 0 aliphatic carbocycles. The van der Waals surface area contributed by atoms with Gasteiger partial charge in [0.15, 0.2) is 5.69 Å². The van der Waals surface area contributed by atoms with Crippen molar-refractivity contribution < 1.29 is 0 Å². The maximum Gasteiger partial charge on any atom is 0.193 e. The fourth-order valence-corrected chi connectivity index (χ4v) is 1.77. The van der Waals surface area contributed by atoms with Crippen molar-refractivity contribution in [2.45, 2.75) is 13.8 Å². The monoisotopic (exact) mass is 209 g/mol. The molecule has 0 heterocycles. The van der Waals surface area contributed by atoms with Crippen LogP contribution in [0.25, 0.3) is 4.85 Å². The smallest absolute Gasteiger partial charge is 0.193 e. The van der Waals surface area contributed by atoms with Crippen molar-refractivity contribution in [1.29, 1.82) is 0 Å². The molecule has 1 aromatic rings. The zero-order valence-electron chi connectivity index (χ0n) is 6.48. The van der Waals surface area contributed by atoms with Crippen molar-refractivity contribution >= 4 is 21.6 Å². The third-order valence-electron chi connectivity index (χ3n) is 1.57. The molecule has 0 aliphatic heterocycles. The topological polar surface area (TPSA) is 4.36 Å². The number of aryl methyl sites for hydroxylation is 2. The molecule has 0 saturated heterocycles. The Morgan fingerprint density at radius 3 is 2.09 bits per heavy atom. The Balaban J connectivity index is 3.40. The van der Waals surface area contributed by atoms with Crippen LogP contribution in [0.5, 0.6) is 0 Å². The predicted molar refractivity (Wildman–Crippen MR) is 49.9 cm³/mol. The van der Waals surface area contributed by atoms with E-state index in [0.717, 1.165) is 21.3 Å². The average molecular weight is 210 g/mol. The molecule has 1 rings (SSSR count). The molecule has 0 saturated carbocycles. The number of benzene rings is 1. The molecular weight excluding hydrogens is 202 g/mol. The summed E-state index contributed by atoms with van der Waals surface area (Å²) in [5, 5.41) is 0. The third kappa shape index (κ3) is 1.61. The van der Waals surface area contributed by atoms with Crippen LogP contribution in [0.1, 0.15) is 11.1 Å². The first-order chi connectivity index (χ1) is 5.15. The summed E-state index contributed by atoms with van der Waals surface area (Å²) in [5.74, 6) is 0. The van der Waals surface area contributed by atoms with Crippen molar-refractivity contribution in [2.24, 2.45) is 0 Å². The zero-order chi connectivity index (χ0) is 8.43. The van der Waals surface area contributed by atoms with Gasteiger partial charge in [-0.1, -0.05) is 28.1 Å². The fraction of sp³-hybridized carbons (Fsp3) is 0.222. The Kier molecular flexibility index (Phi) is 2.31. The highest BCUT2D eigenvalue weighted by atomic mass is 79.9. The summed E-state index contributed by atoms with van der Waals surface area (Å²) in [7, 11) is 0. The van der Waals surface area contributed by atoms with Gasteiger partial charge in [-0.05, 0) is 25.0 Å². The summed E-state index contributed by atoms with van der Waals surface area (Å²) in [6, 6.07) is 3.92. The minimum atomic E-state index is 0.771. The largest absolute Gasteiger partial charge is 0.238 e. The van der Waals surface area contributed by atoms with Crippen LogP contribution < -0.4 is 0 Å². The first-order valence-electron chi connectivity index (χ1n) is 3.29. The van der Waals surface area contributed by atoms with E-state index < -0.39 is 0 Å². The lowest BCUT2D eigenvalue weighted by Gasteiger charge is -2.01. The fourth-order valence-electron chi connectivity index (χ4n) is 1.08. The third-order valence-corrected chi connectivity index (χ3v) is 2.03. The summed E-state index contributed by atoms with van der Waals surface area (Å²) in [6.07, 6.45) is 0. The van der Waals surface area contributed by atoms with Crippen molar-refractivity contribution in [2.75, 3.05) is 0 Å². The Labute approximate surface area is 75.0 Å². The summed E-state index contributed by atoms with van der Waals surface area (Å²) >= 11 is 3.37. The van der Waals surface area contributed by atoms with Crippen LogP contribution in [0.3, 0.4) is 0 Å². The number of hydrogen-bond acceptors (Lipinski definition) is 0. The lowest BCUT2D eigenvalue weighted by Crippen LogP contribution is -1.78. The van der Waals surface area contributed by atoms with Crippen LogP contribution in [0.2, 0.25) is 0 Å². The van der Waals surface area contributed by atoms with Crippen molar-refractivity contribution in [3.05, 3.63) is 39.1 Å². The van der Waals surface area contributed by atoms with Crippen LogP contribution in [-0.4, -0.2) is 0 Å². The van der Waals surface area contributed by atoms with Crippen LogP contribution in [0.4, 0.5) is 5.69 Å². The second kappa shape index (κ2) is 3.06. The molecule has 1 nitrogen and oxygen atoms in total. The maximum atomic E-state index is 6.91. The molecule has 0 fully saturated rings. The van der Waals surface area contributed by atoms with E-state index in [1.165, 1.54) is 0 Å². The summed E-state index contributed by atoms with van der Waals surface area (Å²) in [6.45, 7) is 10.8. The Hall–Kier alpha value is -0.810. The van der Waals surface area contributed by atoms with Crippen LogP contribution in [-0.2, 0) is 0 Å². The molecule has 2 heteroatoms. The van der Waals surface area contributed by atoms with E-state index in [0.29, 0.717) is 0 Å². The van der Waals surface area contributed by atoms with Gasteiger partial charge in [0.2, 0.25) is 0 Å².